The molecule has 3 nitrogen and oxygen atoms in total. The van der Waals surface area contributed by atoms with Gasteiger partial charge in [-0.15, -0.1) is 0 Å². The lowest BCUT2D eigenvalue weighted by atomic mass is 10.1. The zero-order valence-corrected chi connectivity index (χ0v) is 17.0. The van der Waals surface area contributed by atoms with Gasteiger partial charge < -0.3 is 15.0 Å². The van der Waals surface area contributed by atoms with Gasteiger partial charge in [-0.25, -0.2) is 0 Å². The highest BCUT2D eigenvalue weighted by Gasteiger charge is 2.25. The Labute approximate surface area is 170 Å². The van der Waals surface area contributed by atoms with Gasteiger partial charge in [0.2, 0.25) is 0 Å². The van der Waals surface area contributed by atoms with E-state index in [1.807, 2.05) is 24.3 Å². The van der Waals surface area contributed by atoms with Crippen LogP contribution in [0.1, 0.15) is 31.2 Å². The first kappa shape index (κ1) is 19.3. The van der Waals surface area contributed by atoms with E-state index in [9.17, 15) is 0 Å². The molecule has 0 unspecified atom stereocenters. The predicted octanol–water partition coefficient (Wildman–Crippen LogP) is 6.14. The molecule has 0 bridgehead atoms. The fourth-order valence-electron chi connectivity index (χ4n) is 3.37. The van der Waals surface area contributed by atoms with Gasteiger partial charge in [0, 0.05) is 23.8 Å². The van der Waals surface area contributed by atoms with E-state index >= 15 is 0 Å². The monoisotopic (exact) mass is 408 g/mol. The first-order chi connectivity index (χ1) is 12.6. The van der Waals surface area contributed by atoms with Gasteiger partial charge in [-0.05, 0) is 49.3 Å². The molecule has 2 aromatic carbocycles. The standard InChI is InChI=1S/C20H22Cl2N2OS/c1-25-19-9-5-2-6-14(19)13-24(16-7-3-4-8-16)20(26)23-15-10-11-17(21)18(22)12-15/h2,5-6,9-12,16H,3-4,7-8,13H2,1H3,(H,23,26). The van der Waals surface area contributed by atoms with Crippen molar-refractivity contribution in [2.45, 2.75) is 38.3 Å². The molecule has 0 amide bonds. The summed E-state index contributed by atoms with van der Waals surface area (Å²) in [4.78, 5) is 2.27. The minimum atomic E-state index is 0.433. The van der Waals surface area contributed by atoms with Crippen LogP contribution in [-0.4, -0.2) is 23.2 Å². The third-order valence-corrected chi connectivity index (χ3v) is 5.81. The van der Waals surface area contributed by atoms with E-state index in [0.717, 1.165) is 29.8 Å². The van der Waals surface area contributed by atoms with Gasteiger partial charge in [-0.2, -0.15) is 0 Å². The summed E-state index contributed by atoms with van der Waals surface area (Å²) in [5, 5.41) is 5.06. The number of hydrogen-bond acceptors (Lipinski definition) is 2. The molecule has 1 saturated carbocycles. The van der Waals surface area contributed by atoms with E-state index in [4.69, 9.17) is 40.2 Å². The van der Waals surface area contributed by atoms with Gasteiger partial charge in [0.05, 0.1) is 17.2 Å². The summed E-state index contributed by atoms with van der Waals surface area (Å²) in [5.41, 5.74) is 1.97. The average molecular weight is 409 g/mol. The number of thiocarbonyl (C=S) groups is 1. The van der Waals surface area contributed by atoms with Crippen molar-refractivity contribution in [2.24, 2.45) is 0 Å². The molecular weight excluding hydrogens is 387 g/mol. The van der Waals surface area contributed by atoms with Gasteiger partial charge in [-0.1, -0.05) is 54.2 Å². The Hall–Kier alpha value is -1.49. The van der Waals surface area contributed by atoms with Crippen molar-refractivity contribution in [3.63, 3.8) is 0 Å². The van der Waals surface area contributed by atoms with Crippen molar-refractivity contribution in [1.29, 1.82) is 0 Å². The summed E-state index contributed by atoms with van der Waals surface area (Å²) in [6, 6.07) is 14.0. The minimum absolute atomic E-state index is 0.433. The van der Waals surface area contributed by atoms with Crippen molar-refractivity contribution in [3.05, 3.63) is 58.1 Å². The van der Waals surface area contributed by atoms with E-state index in [-0.39, 0.29) is 0 Å². The molecule has 0 atom stereocenters. The van der Waals surface area contributed by atoms with Gasteiger partial charge in [0.15, 0.2) is 5.11 Å². The van der Waals surface area contributed by atoms with Crippen LogP contribution in [0.2, 0.25) is 10.0 Å². The SMILES string of the molecule is COc1ccccc1CN(C(=S)Nc1ccc(Cl)c(Cl)c1)C1CCCC1. The summed E-state index contributed by atoms with van der Waals surface area (Å²) in [6.45, 7) is 0.710. The van der Waals surface area contributed by atoms with Crippen molar-refractivity contribution in [3.8, 4) is 5.75 Å². The molecule has 0 aromatic heterocycles. The molecule has 2 aromatic rings. The molecule has 0 radical (unpaired) electrons. The molecule has 1 N–H and O–H groups in total. The molecule has 6 heteroatoms. The van der Waals surface area contributed by atoms with Crippen LogP contribution in [0.25, 0.3) is 0 Å². The van der Waals surface area contributed by atoms with Gasteiger partial charge in [0.1, 0.15) is 5.75 Å². The van der Waals surface area contributed by atoms with Crippen LogP contribution in [0.3, 0.4) is 0 Å². The third-order valence-electron chi connectivity index (χ3n) is 4.73. The number of nitrogens with zero attached hydrogens (tertiary/aromatic N) is 1. The van der Waals surface area contributed by atoms with Crippen LogP contribution in [0, 0.1) is 0 Å². The number of para-hydroxylation sites is 1. The molecule has 0 aliphatic heterocycles. The number of nitrogens with one attached hydrogen (secondary N) is 1. The second-order valence-electron chi connectivity index (χ2n) is 6.44. The number of anilines is 1. The number of rotatable bonds is 5. The number of methoxy groups -OCH3 is 1. The maximum absolute atomic E-state index is 6.13. The smallest absolute Gasteiger partial charge is 0.173 e. The van der Waals surface area contributed by atoms with Gasteiger partial charge in [-0.3, -0.25) is 0 Å². The Morgan fingerprint density at radius 1 is 1.15 bits per heavy atom. The Kier molecular flexibility index (Phi) is 6.63. The third kappa shape index (κ3) is 4.61. The molecule has 26 heavy (non-hydrogen) atoms. The second-order valence-corrected chi connectivity index (χ2v) is 7.64. The molecule has 0 heterocycles. The largest absolute Gasteiger partial charge is 0.496 e. The highest BCUT2D eigenvalue weighted by molar-refractivity contribution is 7.80. The minimum Gasteiger partial charge on any atom is -0.496 e. The first-order valence-corrected chi connectivity index (χ1v) is 9.89. The Bertz CT molecular complexity index is 778. The van der Waals surface area contributed by atoms with Crippen molar-refractivity contribution >= 4 is 46.2 Å². The van der Waals surface area contributed by atoms with Crippen molar-refractivity contribution < 1.29 is 4.74 Å². The van der Waals surface area contributed by atoms with Crippen molar-refractivity contribution in [1.82, 2.24) is 4.90 Å². The Morgan fingerprint density at radius 2 is 1.88 bits per heavy atom. The fraction of sp³-hybridized carbons (Fsp3) is 0.350. The normalized spacial score (nSPS) is 14.3. The molecule has 138 valence electrons. The molecule has 0 saturated heterocycles. The summed E-state index contributed by atoms with van der Waals surface area (Å²) >= 11 is 17.9. The quantitative estimate of drug-likeness (QED) is 0.599. The molecule has 0 spiro atoms. The van der Waals surface area contributed by atoms with Crippen LogP contribution in [0.15, 0.2) is 42.5 Å². The molecule has 3 rings (SSSR count). The van der Waals surface area contributed by atoms with E-state index in [2.05, 4.69) is 16.3 Å². The molecular formula is C20H22Cl2N2OS. The summed E-state index contributed by atoms with van der Waals surface area (Å²) in [5.74, 6) is 0.882. The number of benzene rings is 2. The fourth-order valence-corrected chi connectivity index (χ4v) is 4.00. The maximum atomic E-state index is 6.13. The second kappa shape index (κ2) is 8.94. The highest BCUT2D eigenvalue weighted by Crippen LogP contribution is 2.29. The molecule has 1 fully saturated rings. The van der Waals surface area contributed by atoms with Gasteiger partial charge in [0.25, 0.3) is 0 Å². The Balaban J connectivity index is 1.81. The number of halogens is 2. The molecule has 1 aliphatic rings. The van der Waals surface area contributed by atoms with E-state index in [1.54, 1.807) is 19.2 Å². The van der Waals surface area contributed by atoms with E-state index in [1.165, 1.54) is 12.8 Å². The van der Waals surface area contributed by atoms with Crippen LogP contribution in [-0.2, 0) is 6.54 Å². The average Bonchev–Trinajstić information content (AvgIpc) is 3.17. The van der Waals surface area contributed by atoms with Crippen LogP contribution in [0.5, 0.6) is 5.75 Å². The predicted molar refractivity (Wildman–Crippen MR) is 113 cm³/mol. The van der Waals surface area contributed by atoms with Crippen LogP contribution < -0.4 is 10.1 Å². The maximum Gasteiger partial charge on any atom is 0.173 e. The van der Waals surface area contributed by atoms with E-state index in [0.29, 0.717) is 27.7 Å². The van der Waals surface area contributed by atoms with Crippen LogP contribution >= 0.6 is 35.4 Å². The zero-order valence-electron chi connectivity index (χ0n) is 14.7. The highest BCUT2D eigenvalue weighted by atomic mass is 35.5. The summed E-state index contributed by atoms with van der Waals surface area (Å²) < 4.78 is 5.51. The van der Waals surface area contributed by atoms with Crippen molar-refractivity contribution in [2.75, 3.05) is 12.4 Å². The first-order valence-electron chi connectivity index (χ1n) is 8.73. The lowest BCUT2D eigenvalue weighted by Gasteiger charge is -2.32. The molecule has 1 aliphatic carbocycles. The summed E-state index contributed by atoms with van der Waals surface area (Å²) in [6.07, 6.45) is 4.78. The lowest BCUT2D eigenvalue weighted by molar-refractivity contribution is 0.305. The van der Waals surface area contributed by atoms with E-state index < -0.39 is 0 Å². The summed E-state index contributed by atoms with van der Waals surface area (Å²) in [7, 11) is 1.70. The number of ether oxygens (including phenoxy) is 1. The Morgan fingerprint density at radius 3 is 2.58 bits per heavy atom. The topological polar surface area (TPSA) is 24.5 Å². The van der Waals surface area contributed by atoms with Crippen LogP contribution in [0.4, 0.5) is 5.69 Å². The zero-order chi connectivity index (χ0) is 18.5. The van der Waals surface area contributed by atoms with Gasteiger partial charge >= 0.3 is 0 Å². The lowest BCUT2D eigenvalue weighted by Crippen LogP contribution is -2.41. The number of hydrogen-bond donors (Lipinski definition) is 1.